The van der Waals surface area contributed by atoms with Crippen molar-refractivity contribution in [2.45, 2.75) is 38.6 Å². The predicted octanol–water partition coefficient (Wildman–Crippen LogP) is 6.16. The molecular formula is C17H20BrNS. The van der Waals surface area contributed by atoms with Crippen molar-refractivity contribution in [3.8, 4) is 0 Å². The van der Waals surface area contributed by atoms with Gasteiger partial charge in [-0.25, -0.2) is 0 Å². The second-order valence-electron chi connectivity index (χ2n) is 5.67. The first-order valence-electron chi connectivity index (χ1n) is 7.30. The number of benzene rings is 1. The molecule has 3 heteroatoms. The van der Waals surface area contributed by atoms with Gasteiger partial charge in [-0.2, -0.15) is 0 Å². The number of aryl methyl sites for hydroxylation is 1. The molecule has 1 aromatic carbocycles. The summed E-state index contributed by atoms with van der Waals surface area (Å²) in [5.41, 5.74) is 2.52. The Morgan fingerprint density at radius 3 is 2.75 bits per heavy atom. The number of anilines is 1. The van der Waals surface area contributed by atoms with Crippen LogP contribution in [0.25, 0.3) is 0 Å². The molecule has 0 spiro atoms. The molecule has 0 amide bonds. The Hall–Kier alpha value is -0.800. The Morgan fingerprint density at radius 2 is 2.05 bits per heavy atom. The highest BCUT2D eigenvalue weighted by molar-refractivity contribution is 9.10. The quantitative estimate of drug-likeness (QED) is 0.696. The SMILES string of the molecule is Cc1ccc(Br)c(NC(c2cccs2)C2CCCC2)c1. The molecule has 20 heavy (non-hydrogen) atoms. The minimum Gasteiger partial charge on any atom is -0.376 e. The average Bonchev–Trinajstić information content (AvgIpc) is 3.12. The van der Waals surface area contributed by atoms with E-state index in [1.807, 2.05) is 11.3 Å². The lowest BCUT2D eigenvalue weighted by molar-refractivity contribution is 0.475. The Kier molecular flexibility index (Phi) is 4.47. The summed E-state index contributed by atoms with van der Waals surface area (Å²) >= 11 is 5.54. The summed E-state index contributed by atoms with van der Waals surface area (Å²) in [5, 5.41) is 5.98. The van der Waals surface area contributed by atoms with Gasteiger partial charge < -0.3 is 5.32 Å². The normalized spacial score (nSPS) is 17.3. The Bertz CT molecular complexity index is 558. The maximum atomic E-state index is 3.80. The highest BCUT2D eigenvalue weighted by Crippen LogP contribution is 2.40. The molecule has 1 aliphatic rings. The summed E-state index contributed by atoms with van der Waals surface area (Å²) in [4.78, 5) is 1.46. The van der Waals surface area contributed by atoms with Gasteiger partial charge in [-0.15, -0.1) is 11.3 Å². The summed E-state index contributed by atoms with van der Waals surface area (Å²) in [6, 6.07) is 11.4. The van der Waals surface area contributed by atoms with Gasteiger partial charge in [0.1, 0.15) is 0 Å². The molecule has 0 saturated heterocycles. The number of rotatable bonds is 4. The Labute approximate surface area is 133 Å². The molecule has 1 unspecified atom stereocenters. The van der Waals surface area contributed by atoms with Gasteiger partial charge in [0.05, 0.1) is 6.04 Å². The van der Waals surface area contributed by atoms with Crippen LogP contribution in [0, 0.1) is 12.8 Å². The fourth-order valence-corrected chi connectivity index (χ4v) is 4.33. The van der Waals surface area contributed by atoms with Gasteiger partial charge in [0.15, 0.2) is 0 Å². The maximum Gasteiger partial charge on any atom is 0.0635 e. The van der Waals surface area contributed by atoms with E-state index in [2.05, 4.69) is 63.9 Å². The third-order valence-corrected chi connectivity index (χ3v) is 5.80. The molecule has 106 valence electrons. The molecule has 0 aliphatic heterocycles. The standard InChI is InChI=1S/C17H20BrNS/c1-12-8-9-14(18)15(11-12)19-17(13-5-2-3-6-13)16-7-4-10-20-16/h4,7-11,13,17,19H,2-3,5-6H2,1H3. The summed E-state index contributed by atoms with van der Waals surface area (Å²) in [7, 11) is 0. The summed E-state index contributed by atoms with van der Waals surface area (Å²) in [6.07, 6.45) is 5.45. The van der Waals surface area contributed by atoms with Crippen molar-refractivity contribution >= 4 is 33.0 Å². The predicted molar refractivity (Wildman–Crippen MR) is 91.5 cm³/mol. The van der Waals surface area contributed by atoms with Crippen molar-refractivity contribution in [1.82, 2.24) is 0 Å². The lowest BCUT2D eigenvalue weighted by Crippen LogP contribution is -2.18. The van der Waals surface area contributed by atoms with Crippen LogP contribution >= 0.6 is 27.3 Å². The van der Waals surface area contributed by atoms with Crippen molar-refractivity contribution in [2.75, 3.05) is 5.32 Å². The van der Waals surface area contributed by atoms with E-state index in [1.165, 1.54) is 41.8 Å². The monoisotopic (exact) mass is 349 g/mol. The fraction of sp³-hybridized carbons (Fsp3) is 0.412. The molecule has 2 aromatic rings. The zero-order valence-electron chi connectivity index (χ0n) is 11.7. The summed E-state index contributed by atoms with van der Waals surface area (Å²) in [5.74, 6) is 0.765. The topological polar surface area (TPSA) is 12.0 Å². The van der Waals surface area contributed by atoms with E-state index < -0.39 is 0 Å². The molecule has 1 saturated carbocycles. The molecule has 0 bridgehead atoms. The first-order chi connectivity index (χ1) is 9.74. The van der Waals surface area contributed by atoms with Gasteiger partial charge in [-0.3, -0.25) is 0 Å². The fourth-order valence-electron chi connectivity index (χ4n) is 3.10. The highest BCUT2D eigenvalue weighted by Gasteiger charge is 2.27. The van der Waals surface area contributed by atoms with Crippen LogP contribution < -0.4 is 5.32 Å². The van der Waals surface area contributed by atoms with Crippen LogP contribution in [0.4, 0.5) is 5.69 Å². The van der Waals surface area contributed by atoms with Crippen molar-refractivity contribution in [2.24, 2.45) is 5.92 Å². The number of halogens is 1. The largest absolute Gasteiger partial charge is 0.376 e. The Morgan fingerprint density at radius 1 is 1.25 bits per heavy atom. The van der Waals surface area contributed by atoms with Gasteiger partial charge in [-0.1, -0.05) is 25.0 Å². The molecule has 1 heterocycles. The second kappa shape index (κ2) is 6.31. The summed E-state index contributed by atoms with van der Waals surface area (Å²) in [6.45, 7) is 2.15. The van der Waals surface area contributed by atoms with Crippen LogP contribution in [0.15, 0.2) is 40.2 Å². The number of hydrogen-bond acceptors (Lipinski definition) is 2. The first kappa shape index (κ1) is 14.2. The van der Waals surface area contributed by atoms with Gasteiger partial charge in [0.25, 0.3) is 0 Å². The van der Waals surface area contributed by atoms with Gasteiger partial charge in [-0.05, 0) is 70.8 Å². The van der Waals surface area contributed by atoms with Crippen LogP contribution in [0.2, 0.25) is 0 Å². The van der Waals surface area contributed by atoms with Crippen molar-refractivity contribution < 1.29 is 0 Å². The molecule has 1 aliphatic carbocycles. The number of hydrogen-bond donors (Lipinski definition) is 1. The van der Waals surface area contributed by atoms with Crippen molar-refractivity contribution in [1.29, 1.82) is 0 Å². The van der Waals surface area contributed by atoms with Crippen LogP contribution in [0.5, 0.6) is 0 Å². The van der Waals surface area contributed by atoms with E-state index in [0.29, 0.717) is 6.04 Å². The maximum absolute atomic E-state index is 3.80. The molecule has 1 fully saturated rings. The molecule has 1 atom stereocenters. The van der Waals surface area contributed by atoms with Gasteiger partial charge in [0.2, 0.25) is 0 Å². The van der Waals surface area contributed by atoms with Crippen LogP contribution in [-0.2, 0) is 0 Å². The van der Waals surface area contributed by atoms with Crippen LogP contribution in [0.1, 0.15) is 42.2 Å². The molecule has 3 rings (SSSR count). The zero-order valence-corrected chi connectivity index (χ0v) is 14.1. The van der Waals surface area contributed by atoms with Crippen molar-refractivity contribution in [3.05, 3.63) is 50.6 Å². The van der Waals surface area contributed by atoms with Crippen molar-refractivity contribution in [3.63, 3.8) is 0 Å². The minimum absolute atomic E-state index is 0.454. The zero-order chi connectivity index (χ0) is 13.9. The smallest absolute Gasteiger partial charge is 0.0635 e. The lowest BCUT2D eigenvalue weighted by Gasteiger charge is -2.25. The average molecular weight is 350 g/mol. The Balaban J connectivity index is 1.88. The van der Waals surface area contributed by atoms with Gasteiger partial charge >= 0.3 is 0 Å². The van der Waals surface area contributed by atoms with E-state index >= 15 is 0 Å². The second-order valence-corrected chi connectivity index (χ2v) is 7.50. The molecule has 1 N–H and O–H groups in total. The van der Waals surface area contributed by atoms with E-state index in [0.717, 1.165) is 10.4 Å². The van der Waals surface area contributed by atoms with E-state index in [9.17, 15) is 0 Å². The number of thiophene rings is 1. The minimum atomic E-state index is 0.454. The third kappa shape index (κ3) is 3.09. The first-order valence-corrected chi connectivity index (χ1v) is 8.97. The van der Waals surface area contributed by atoms with E-state index in [-0.39, 0.29) is 0 Å². The lowest BCUT2D eigenvalue weighted by atomic mass is 9.96. The van der Waals surface area contributed by atoms with E-state index in [4.69, 9.17) is 0 Å². The van der Waals surface area contributed by atoms with Crippen LogP contribution in [-0.4, -0.2) is 0 Å². The van der Waals surface area contributed by atoms with Gasteiger partial charge in [0, 0.05) is 15.0 Å². The number of nitrogens with one attached hydrogen (secondary N) is 1. The van der Waals surface area contributed by atoms with Crippen LogP contribution in [0.3, 0.4) is 0 Å². The third-order valence-electron chi connectivity index (χ3n) is 4.15. The highest BCUT2D eigenvalue weighted by atomic mass is 79.9. The molecule has 1 nitrogen and oxygen atoms in total. The molecule has 1 aromatic heterocycles. The van der Waals surface area contributed by atoms with E-state index in [1.54, 1.807) is 0 Å². The molecular weight excluding hydrogens is 330 g/mol. The summed E-state index contributed by atoms with van der Waals surface area (Å²) < 4.78 is 1.16. The molecule has 0 radical (unpaired) electrons.